The number of ether oxygens (including phenoxy) is 1. The normalized spacial score (nSPS) is 20.3. The maximum absolute atomic E-state index is 13.4. The van der Waals surface area contributed by atoms with Crippen LogP contribution in [-0.4, -0.2) is 48.2 Å². The predicted molar refractivity (Wildman–Crippen MR) is 114 cm³/mol. The molecule has 1 aromatic rings. The van der Waals surface area contributed by atoms with Gasteiger partial charge in [0.15, 0.2) is 0 Å². The molecule has 1 aromatic carbocycles. The second-order valence-corrected chi connectivity index (χ2v) is 7.66. The molecule has 1 saturated carbocycles. The molecule has 0 spiro atoms. The van der Waals surface area contributed by atoms with E-state index in [1.165, 1.54) is 0 Å². The molecule has 0 aromatic heterocycles. The van der Waals surface area contributed by atoms with E-state index >= 15 is 0 Å². The number of nitrogens with zero attached hydrogens (tertiary/aromatic N) is 2. The van der Waals surface area contributed by atoms with Crippen LogP contribution in [0.25, 0.3) is 0 Å². The molecular weight excluding hydrogens is 384 g/mol. The molecule has 8 nitrogen and oxygen atoms in total. The SMILES string of the molecule is CCNC(=O)C1(NC(=O)C2CC(C(=O)OCC)=NN2c2ccccc2)CCCCC1. The third-order valence-electron chi connectivity index (χ3n) is 5.59. The van der Waals surface area contributed by atoms with Crippen LogP contribution in [0, 0.1) is 0 Å². The summed E-state index contributed by atoms with van der Waals surface area (Å²) in [6.07, 6.45) is 4.16. The Hall–Kier alpha value is -2.90. The van der Waals surface area contributed by atoms with Gasteiger partial charge in [0.25, 0.3) is 0 Å². The van der Waals surface area contributed by atoms with Gasteiger partial charge in [0.05, 0.1) is 12.3 Å². The van der Waals surface area contributed by atoms with Gasteiger partial charge in [-0.05, 0) is 38.8 Å². The van der Waals surface area contributed by atoms with Crippen LogP contribution in [0.1, 0.15) is 52.4 Å². The Morgan fingerprint density at radius 1 is 1.13 bits per heavy atom. The summed E-state index contributed by atoms with van der Waals surface area (Å²) in [6, 6.07) is 8.51. The van der Waals surface area contributed by atoms with Gasteiger partial charge in [-0.1, -0.05) is 37.5 Å². The first-order chi connectivity index (χ1) is 14.5. The molecule has 162 valence electrons. The van der Waals surface area contributed by atoms with Crippen LogP contribution in [-0.2, 0) is 19.1 Å². The molecule has 1 unspecified atom stereocenters. The standard InChI is InChI=1S/C22H30N4O4/c1-3-23-21(29)22(13-9-6-10-14-22)24-19(27)18-15-17(20(28)30-4-2)25-26(18)16-11-7-5-8-12-16/h5,7-8,11-12,18H,3-4,6,9-10,13-15H2,1-2H3,(H,23,29)(H,24,27). The van der Waals surface area contributed by atoms with Crippen molar-refractivity contribution in [3.63, 3.8) is 0 Å². The maximum Gasteiger partial charge on any atom is 0.354 e. The molecule has 2 amide bonds. The summed E-state index contributed by atoms with van der Waals surface area (Å²) < 4.78 is 5.09. The van der Waals surface area contributed by atoms with Gasteiger partial charge in [-0.2, -0.15) is 5.10 Å². The average Bonchev–Trinajstić information content (AvgIpc) is 3.21. The van der Waals surface area contributed by atoms with Gasteiger partial charge in [0, 0.05) is 13.0 Å². The van der Waals surface area contributed by atoms with Crippen molar-refractivity contribution in [2.45, 2.75) is 64.0 Å². The molecular formula is C22H30N4O4. The summed E-state index contributed by atoms with van der Waals surface area (Å²) in [5, 5.41) is 11.8. The zero-order valence-corrected chi connectivity index (χ0v) is 17.6. The molecule has 3 rings (SSSR count). The second-order valence-electron chi connectivity index (χ2n) is 7.66. The minimum absolute atomic E-state index is 0.130. The van der Waals surface area contributed by atoms with Crippen LogP contribution in [0.3, 0.4) is 0 Å². The Morgan fingerprint density at radius 3 is 2.47 bits per heavy atom. The molecule has 30 heavy (non-hydrogen) atoms. The van der Waals surface area contributed by atoms with Gasteiger partial charge in [-0.15, -0.1) is 0 Å². The number of nitrogens with one attached hydrogen (secondary N) is 2. The highest BCUT2D eigenvalue weighted by Gasteiger charge is 2.44. The lowest BCUT2D eigenvalue weighted by atomic mass is 9.80. The molecule has 1 aliphatic heterocycles. The maximum atomic E-state index is 13.4. The summed E-state index contributed by atoms with van der Waals surface area (Å²) >= 11 is 0. The summed E-state index contributed by atoms with van der Waals surface area (Å²) in [5.41, 5.74) is -0.00961. The van der Waals surface area contributed by atoms with Crippen LogP contribution in [0.5, 0.6) is 0 Å². The van der Waals surface area contributed by atoms with E-state index in [2.05, 4.69) is 15.7 Å². The van der Waals surface area contributed by atoms with Crippen molar-refractivity contribution in [2.75, 3.05) is 18.2 Å². The minimum atomic E-state index is -0.916. The van der Waals surface area contributed by atoms with E-state index in [4.69, 9.17) is 4.74 Å². The Labute approximate surface area is 177 Å². The van der Waals surface area contributed by atoms with Gasteiger partial charge in [0.2, 0.25) is 11.8 Å². The number of amides is 2. The fraction of sp³-hybridized carbons (Fsp3) is 0.545. The number of rotatable bonds is 7. The fourth-order valence-corrected chi connectivity index (χ4v) is 4.08. The van der Waals surface area contributed by atoms with Gasteiger partial charge < -0.3 is 15.4 Å². The number of carbonyl (C=O) groups is 3. The number of hydrogen-bond donors (Lipinski definition) is 2. The van der Waals surface area contributed by atoms with Gasteiger partial charge in [-0.3, -0.25) is 14.6 Å². The van der Waals surface area contributed by atoms with Crippen LogP contribution >= 0.6 is 0 Å². The molecule has 2 aliphatic rings. The quantitative estimate of drug-likeness (QED) is 0.666. The lowest BCUT2D eigenvalue weighted by Gasteiger charge is -2.38. The Kier molecular flexibility index (Phi) is 7.07. The Balaban J connectivity index is 1.85. The van der Waals surface area contributed by atoms with Gasteiger partial charge in [-0.25, -0.2) is 4.79 Å². The average molecular weight is 415 g/mol. The largest absolute Gasteiger partial charge is 0.461 e. The van der Waals surface area contributed by atoms with E-state index in [0.717, 1.165) is 19.3 Å². The van der Waals surface area contributed by atoms with Crippen LogP contribution < -0.4 is 15.6 Å². The molecule has 0 saturated heterocycles. The third kappa shape index (κ3) is 4.63. The molecule has 0 bridgehead atoms. The zero-order chi connectivity index (χ0) is 21.6. The molecule has 0 radical (unpaired) electrons. The third-order valence-corrected chi connectivity index (χ3v) is 5.59. The highest BCUT2D eigenvalue weighted by atomic mass is 16.5. The van der Waals surface area contributed by atoms with E-state index in [9.17, 15) is 14.4 Å². The highest BCUT2D eigenvalue weighted by molar-refractivity contribution is 6.38. The van der Waals surface area contributed by atoms with Crippen LogP contribution in [0.2, 0.25) is 0 Å². The lowest BCUT2D eigenvalue weighted by molar-refractivity contribution is -0.136. The number of likely N-dealkylation sites (N-methyl/N-ethyl adjacent to an activating group) is 1. The number of anilines is 1. The topological polar surface area (TPSA) is 100 Å². The molecule has 2 N–H and O–H groups in total. The predicted octanol–water partition coefficient (Wildman–Crippen LogP) is 2.14. The Bertz CT molecular complexity index is 803. The monoisotopic (exact) mass is 414 g/mol. The number of hydrazone groups is 1. The molecule has 1 atom stereocenters. The van der Waals surface area contributed by atoms with Gasteiger partial charge >= 0.3 is 5.97 Å². The van der Waals surface area contributed by atoms with Crippen molar-refractivity contribution in [3.05, 3.63) is 30.3 Å². The van der Waals surface area contributed by atoms with Crippen molar-refractivity contribution < 1.29 is 19.1 Å². The summed E-state index contributed by atoms with van der Waals surface area (Å²) in [5.74, 6) is -0.978. The van der Waals surface area contributed by atoms with Crippen LogP contribution in [0.15, 0.2) is 35.4 Å². The number of carbonyl (C=O) groups excluding carboxylic acids is 3. The molecule has 1 heterocycles. The molecule has 1 fully saturated rings. The van der Waals surface area contributed by atoms with Gasteiger partial charge in [0.1, 0.15) is 17.3 Å². The van der Waals surface area contributed by atoms with Crippen molar-refractivity contribution in [2.24, 2.45) is 5.10 Å². The molecule has 1 aliphatic carbocycles. The first kappa shape index (κ1) is 21.8. The van der Waals surface area contributed by atoms with E-state index < -0.39 is 17.6 Å². The molecule has 8 heteroatoms. The minimum Gasteiger partial charge on any atom is -0.461 e. The number of benzene rings is 1. The van der Waals surface area contributed by atoms with E-state index in [-0.39, 0.29) is 30.6 Å². The number of para-hydroxylation sites is 1. The summed E-state index contributed by atoms with van der Waals surface area (Å²) in [6.45, 7) is 4.34. The van der Waals surface area contributed by atoms with Crippen molar-refractivity contribution in [1.29, 1.82) is 0 Å². The highest BCUT2D eigenvalue weighted by Crippen LogP contribution is 2.30. The van der Waals surface area contributed by atoms with E-state index in [0.29, 0.717) is 25.1 Å². The summed E-state index contributed by atoms with van der Waals surface area (Å²) in [4.78, 5) is 38.5. The second kappa shape index (κ2) is 9.73. The van der Waals surface area contributed by atoms with E-state index in [1.54, 1.807) is 11.9 Å². The summed E-state index contributed by atoms with van der Waals surface area (Å²) in [7, 11) is 0. The van der Waals surface area contributed by atoms with Crippen LogP contribution in [0.4, 0.5) is 5.69 Å². The number of hydrogen-bond acceptors (Lipinski definition) is 6. The smallest absolute Gasteiger partial charge is 0.354 e. The fourth-order valence-electron chi connectivity index (χ4n) is 4.08. The number of esters is 1. The zero-order valence-electron chi connectivity index (χ0n) is 17.6. The van der Waals surface area contributed by atoms with Crippen molar-refractivity contribution in [3.8, 4) is 0 Å². The van der Waals surface area contributed by atoms with Crippen molar-refractivity contribution in [1.82, 2.24) is 10.6 Å². The van der Waals surface area contributed by atoms with Crippen molar-refractivity contribution >= 4 is 29.2 Å². The first-order valence-corrected chi connectivity index (χ1v) is 10.7. The van der Waals surface area contributed by atoms with E-state index in [1.807, 2.05) is 37.3 Å². The Morgan fingerprint density at radius 2 is 1.83 bits per heavy atom. The lowest BCUT2D eigenvalue weighted by Crippen LogP contribution is -2.62. The first-order valence-electron chi connectivity index (χ1n) is 10.7.